The summed E-state index contributed by atoms with van der Waals surface area (Å²) in [5.74, 6) is -0.720. The number of benzene rings is 2. The molecular weight excluding hydrogens is 280 g/mol. The molecule has 0 unspecified atom stereocenters. The zero-order valence-corrected chi connectivity index (χ0v) is 12.4. The summed E-state index contributed by atoms with van der Waals surface area (Å²) in [6, 6.07) is 10.1. The highest BCUT2D eigenvalue weighted by molar-refractivity contribution is 5.89. The number of aldehydes is 1. The van der Waals surface area contributed by atoms with Crippen molar-refractivity contribution in [3.05, 3.63) is 64.2 Å². The van der Waals surface area contributed by atoms with E-state index in [4.69, 9.17) is 5.11 Å². The predicted molar refractivity (Wildman–Crippen MR) is 83.7 cm³/mol. The van der Waals surface area contributed by atoms with Crippen LogP contribution in [0.5, 0.6) is 5.75 Å². The van der Waals surface area contributed by atoms with Crippen LogP contribution < -0.4 is 0 Å². The minimum atomic E-state index is -0.917. The molecule has 4 nitrogen and oxygen atoms in total. The smallest absolute Gasteiger partial charge is 0.335 e. The van der Waals surface area contributed by atoms with Gasteiger partial charge in [-0.2, -0.15) is 0 Å². The lowest BCUT2D eigenvalue weighted by Crippen LogP contribution is -2.00. The van der Waals surface area contributed by atoms with Gasteiger partial charge in [0.2, 0.25) is 0 Å². The third-order valence-electron chi connectivity index (χ3n) is 3.67. The Hall–Kier alpha value is -2.62. The van der Waals surface area contributed by atoms with Gasteiger partial charge in [0.25, 0.3) is 0 Å². The zero-order valence-electron chi connectivity index (χ0n) is 12.4. The van der Waals surface area contributed by atoms with Crippen LogP contribution in [0.15, 0.2) is 36.4 Å². The number of carboxylic acid groups (broad SMARTS) is 1. The van der Waals surface area contributed by atoms with E-state index in [1.807, 2.05) is 12.1 Å². The average molecular weight is 298 g/mol. The van der Waals surface area contributed by atoms with Crippen molar-refractivity contribution in [2.75, 3.05) is 0 Å². The molecule has 114 valence electrons. The van der Waals surface area contributed by atoms with Gasteiger partial charge >= 0.3 is 5.97 Å². The second-order valence-electron chi connectivity index (χ2n) is 5.31. The van der Waals surface area contributed by atoms with Gasteiger partial charge in [0, 0.05) is 5.56 Å². The van der Waals surface area contributed by atoms with Crippen LogP contribution in [-0.2, 0) is 12.8 Å². The minimum Gasteiger partial charge on any atom is -0.508 e. The van der Waals surface area contributed by atoms with Crippen LogP contribution in [0, 0.1) is 6.92 Å². The molecule has 2 N–H and O–H groups in total. The second kappa shape index (κ2) is 6.89. The highest BCUT2D eigenvalue weighted by Crippen LogP contribution is 2.21. The van der Waals surface area contributed by atoms with Crippen molar-refractivity contribution >= 4 is 12.3 Å². The molecule has 0 spiro atoms. The summed E-state index contributed by atoms with van der Waals surface area (Å²) in [6.07, 6.45) is 3.01. The molecule has 0 atom stereocenters. The molecule has 0 aliphatic rings. The van der Waals surface area contributed by atoms with E-state index in [0.717, 1.165) is 35.8 Å². The summed E-state index contributed by atoms with van der Waals surface area (Å²) in [4.78, 5) is 21.7. The molecule has 0 aromatic heterocycles. The number of aromatic carboxylic acids is 1. The molecule has 0 saturated carbocycles. The number of carbonyl (C=O) groups is 2. The molecule has 2 rings (SSSR count). The maximum Gasteiger partial charge on any atom is 0.335 e. The van der Waals surface area contributed by atoms with E-state index in [2.05, 4.69) is 0 Å². The third-order valence-corrected chi connectivity index (χ3v) is 3.67. The topological polar surface area (TPSA) is 74.6 Å². The minimum absolute atomic E-state index is 0.197. The molecule has 4 heteroatoms. The Kier molecular flexibility index (Phi) is 4.94. The van der Waals surface area contributed by atoms with Gasteiger partial charge in [0.15, 0.2) is 0 Å². The fourth-order valence-corrected chi connectivity index (χ4v) is 2.48. The second-order valence-corrected chi connectivity index (χ2v) is 5.31. The maximum absolute atomic E-state index is 11.0. The summed E-state index contributed by atoms with van der Waals surface area (Å²) < 4.78 is 0. The van der Waals surface area contributed by atoms with E-state index in [1.165, 1.54) is 6.07 Å². The molecule has 22 heavy (non-hydrogen) atoms. The fourth-order valence-electron chi connectivity index (χ4n) is 2.48. The van der Waals surface area contributed by atoms with Crippen molar-refractivity contribution in [3.8, 4) is 5.75 Å². The molecule has 0 aliphatic heterocycles. The normalized spacial score (nSPS) is 10.4. The number of aryl methyl sites for hydroxylation is 3. The quantitative estimate of drug-likeness (QED) is 0.802. The number of phenols is 1. The lowest BCUT2D eigenvalue weighted by Gasteiger charge is -2.07. The fraction of sp³-hybridized carbons (Fsp3) is 0.222. The molecule has 0 bridgehead atoms. The summed E-state index contributed by atoms with van der Waals surface area (Å²) in [6.45, 7) is 1.78. The Morgan fingerprint density at radius 1 is 1.14 bits per heavy atom. The van der Waals surface area contributed by atoms with E-state index >= 15 is 0 Å². The highest BCUT2D eigenvalue weighted by atomic mass is 16.4. The zero-order chi connectivity index (χ0) is 16.1. The largest absolute Gasteiger partial charge is 0.508 e. The summed E-state index contributed by atoms with van der Waals surface area (Å²) in [5.41, 5.74) is 3.43. The van der Waals surface area contributed by atoms with Crippen molar-refractivity contribution in [1.82, 2.24) is 0 Å². The molecule has 2 aromatic rings. The standard InChI is InChI=1S/C18H18O4/c1-12-9-13(5-7-16(12)18(21)22)3-2-4-15-10-14(11-19)6-8-17(15)20/h5-11,20H,2-4H2,1H3,(H,21,22). The van der Waals surface area contributed by atoms with Gasteiger partial charge in [-0.15, -0.1) is 0 Å². The molecule has 0 heterocycles. The van der Waals surface area contributed by atoms with E-state index in [9.17, 15) is 14.7 Å². The molecule has 0 aliphatic carbocycles. The van der Waals surface area contributed by atoms with Crippen molar-refractivity contribution in [3.63, 3.8) is 0 Å². The number of hydrogen-bond acceptors (Lipinski definition) is 3. The van der Waals surface area contributed by atoms with Gasteiger partial charge in [-0.3, -0.25) is 4.79 Å². The monoisotopic (exact) mass is 298 g/mol. The van der Waals surface area contributed by atoms with Gasteiger partial charge in [0.05, 0.1) is 5.56 Å². The van der Waals surface area contributed by atoms with Gasteiger partial charge < -0.3 is 10.2 Å². The Morgan fingerprint density at radius 2 is 1.91 bits per heavy atom. The molecule has 0 amide bonds. The number of carbonyl (C=O) groups excluding carboxylic acids is 1. The third kappa shape index (κ3) is 3.73. The van der Waals surface area contributed by atoms with Crippen LogP contribution in [0.4, 0.5) is 0 Å². The van der Waals surface area contributed by atoms with Gasteiger partial charge in [0.1, 0.15) is 12.0 Å². The number of hydrogen-bond donors (Lipinski definition) is 2. The van der Waals surface area contributed by atoms with E-state index < -0.39 is 5.97 Å². The van der Waals surface area contributed by atoms with Crippen molar-refractivity contribution in [2.24, 2.45) is 0 Å². The van der Waals surface area contributed by atoms with Crippen LogP contribution >= 0.6 is 0 Å². The van der Waals surface area contributed by atoms with Crippen LogP contribution in [0.25, 0.3) is 0 Å². The van der Waals surface area contributed by atoms with E-state index in [1.54, 1.807) is 25.1 Å². The number of phenolic OH excluding ortho intramolecular Hbond substituents is 1. The molecule has 0 saturated heterocycles. The van der Waals surface area contributed by atoms with Crippen molar-refractivity contribution < 1.29 is 19.8 Å². The van der Waals surface area contributed by atoms with Crippen LogP contribution in [0.3, 0.4) is 0 Å². The first kappa shape index (κ1) is 15.8. The maximum atomic E-state index is 11.0. The van der Waals surface area contributed by atoms with Gasteiger partial charge in [-0.1, -0.05) is 12.1 Å². The van der Waals surface area contributed by atoms with Crippen molar-refractivity contribution in [1.29, 1.82) is 0 Å². The Labute approximate surface area is 129 Å². The van der Waals surface area contributed by atoms with E-state index in [-0.39, 0.29) is 5.75 Å². The molecular formula is C18H18O4. The lowest BCUT2D eigenvalue weighted by molar-refractivity contribution is 0.0696. The van der Waals surface area contributed by atoms with Crippen molar-refractivity contribution in [2.45, 2.75) is 26.2 Å². The highest BCUT2D eigenvalue weighted by Gasteiger charge is 2.08. The summed E-state index contributed by atoms with van der Waals surface area (Å²) in [7, 11) is 0. The van der Waals surface area contributed by atoms with Gasteiger partial charge in [-0.25, -0.2) is 4.79 Å². The van der Waals surface area contributed by atoms with Gasteiger partial charge in [-0.05, 0) is 67.1 Å². The van der Waals surface area contributed by atoms with E-state index in [0.29, 0.717) is 17.5 Å². The molecule has 0 fully saturated rings. The summed E-state index contributed by atoms with van der Waals surface area (Å²) in [5, 5.41) is 18.8. The Morgan fingerprint density at radius 3 is 2.55 bits per heavy atom. The van der Waals surface area contributed by atoms with Crippen LogP contribution in [-0.4, -0.2) is 22.5 Å². The average Bonchev–Trinajstić information content (AvgIpc) is 2.49. The van der Waals surface area contributed by atoms with Crippen LogP contribution in [0.1, 0.15) is 43.8 Å². The SMILES string of the molecule is Cc1cc(CCCc2cc(C=O)ccc2O)ccc1C(=O)O. The lowest BCUT2D eigenvalue weighted by atomic mass is 9.99. The molecule has 0 radical (unpaired) electrons. The summed E-state index contributed by atoms with van der Waals surface area (Å²) >= 11 is 0. The first-order valence-electron chi connectivity index (χ1n) is 7.11. The number of carboxylic acids is 1. The number of rotatable bonds is 6. The number of aromatic hydroxyl groups is 1. The Balaban J connectivity index is 2.01. The predicted octanol–water partition coefficient (Wildman–Crippen LogP) is 3.39. The van der Waals surface area contributed by atoms with Crippen LogP contribution in [0.2, 0.25) is 0 Å². The Bertz CT molecular complexity index is 704. The first-order valence-corrected chi connectivity index (χ1v) is 7.11. The molecule has 2 aromatic carbocycles. The first-order chi connectivity index (χ1) is 10.5.